The smallest absolute Gasteiger partial charge is 0.0762 e. The molecule has 0 saturated heterocycles. The van der Waals surface area contributed by atoms with Crippen molar-refractivity contribution in [1.29, 1.82) is 0 Å². The minimum Gasteiger partial charge on any atom is -0.383 e. The largest absolute Gasteiger partial charge is 0.383 e. The molecule has 1 aromatic rings. The quantitative estimate of drug-likeness (QED) is 0.638. The highest BCUT2D eigenvalue weighted by atomic mass is 16.5. The van der Waals surface area contributed by atoms with Gasteiger partial charge < -0.3 is 10.1 Å². The molecule has 0 atom stereocenters. The zero-order valence-corrected chi connectivity index (χ0v) is 7.58. The predicted octanol–water partition coefficient (Wildman–Crippen LogP) is 0.156. The van der Waals surface area contributed by atoms with Gasteiger partial charge in [0.25, 0.3) is 0 Å². The van der Waals surface area contributed by atoms with Crippen molar-refractivity contribution in [3.8, 4) is 0 Å². The number of rotatable bonds is 5. The molecule has 0 fully saturated rings. The Balaban J connectivity index is 2.15. The van der Waals surface area contributed by atoms with Crippen LogP contribution in [-0.4, -0.2) is 30.0 Å². The van der Waals surface area contributed by atoms with Gasteiger partial charge in [-0.15, -0.1) is 0 Å². The summed E-state index contributed by atoms with van der Waals surface area (Å²) in [4.78, 5) is 0. The van der Waals surface area contributed by atoms with Crippen molar-refractivity contribution in [2.75, 3.05) is 20.3 Å². The van der Waals surface area contributed by atoms with Gasteiger partial charge in [-0.3, -0.25) is 4.68 Å². The molecule has 4 heteroatoms. The summed E-state index contributed by atoms with van der Waals surface area (Å²) in [5, 5.41) is 7.44. The summed E-state index contributed by atoms with van der Waals surface area (Å²) in [5.41, 5.74) is 1.06. The zero-order chi connectivity index (χ0) is 8.81. The lowest BCUT2D eigenvalue weighted by Gasteiger charge is -2.00. The molecule has 1 aromatic heterocycles. The first-order chi connectivity index (χ1) is 5.83. The molecule has 12 heavy (non-hydrogen) atoms. The van der Waals surface area contributed by atoms with E-state index in [-0.39, 0.29) is 0 Å². The minimum absolute atomic E-state index is 0.743. The van der Waals surface area contributed by atoms with Crippen molar-refractivity contribution < 1.29 is 4.74 Å². The van der Waals surface area contributed by atoms with Gasteiger partial charge in [0.1, 0.15) is 0 Å². The molecule has 0 aliphatic heterocycles. The number of nitrogens with one attached hydrogen (secondary N) is 1. The van der Waals surface area contributed by atoms with Crippen molar-refractivity contribution in [2.45, 2.75) is 6.54 Å². The third-order valence-corrected chi connectivity index (χ3v) is 1.56. The fourth-order valence-electron chi connectivity index (χ4n) is 0.948. The van der Waals surface area contributed by atoms with E-state index in [1.165, 1.54) is 0 Å². The number of ether oxygens (including phenoxy) is 1. The van der Waals surface area contributed by atoms with E-state index < -0.39 is 0 Å². The van der Waals surface area contributed by atoms with Crippen molar-refractivity contribution in [2.24, 2.45) is 7.05 Å². The maximum absolute atomic E-state index is 4.90. The highest BCUT2D eigenvalue weighted by Gasteiger charge is 1.94. The first-order valence-electron chi connectivity index (χ1n) is 4.01. The Morgan fingerprint density at radius 2 is 2.50 bits per heavy atom. The normalized spacial score (nSPS) is 10.5. The van der Waals surface area contributed by atoms with E-state index in [1.54, 1.807) is 11.8 Å². The van der Waals surface area contributed by atoms with Crippen molar-refractivity contribution in [3.63, 3.8) is 0 Å². The molecule has 0 aliphatic carbocycles. The van der Waals surface area contributed by atoms with Gasteiger partial charge in [0.2, 0.25) is 0 Å². The van der Waals surface area contributed by atoms with Gasteiger partial charge in [-0.25, -0.2) is 0 Å². The number of hydrogen-bond acceptors (Lipinski definition) is 3. The van der Waals surface area contributed by atoms with Gasteiger partial charge in [0.15, 0.2) is 0 Å². The second-order valence-corrected chi connectivity index (χ2v) is 2.65. The van der Waals surface area contributed by atoms with Gasteiger partial charge in [-0.2, -0.15) is 5.10 Å². The summed E-state index contributed by atoms with van der Waals surface area (Å²) >= 11 is 0. The number of aryl methyl sites for hydroxylation is 1. The highest BCUT2D eigenvalue weighted by Crippen LogP contribution is 1.91. The first-order valence-corrected chi connectivity index (χ1v) is 4.01. The topological polar surface area (TPSA) is 39.1 Å². The molecule has 0 bridgehead atoms. The van der Waals surface area contributed by atoms with Crippen LogP contribution in [-0.2, 0) is 18.3 Å². The third-order valence-electron chi connectivity index (χ3n) is 1.56. The number of nitrogens with zero attached hydrogens (tertiary/aromatic N) is 2. The minimum atomic E-state index is 0.743. The van der Waals surface area contributed by atoms with Crippen molar-refractivity contribution in [3.05, 3.63) is 18.0 Å². The van der Waals surface area contributed by atoms with E-state index in [0.717, 1.165) is 25.4 Å². The number of aromatic nitrogens is 2. The van der Waals surface area contributed by atoms with Crippen LogP contribution in [0.3, 0.4) is 0 Å². The van der Waals surface area contributed by atoms with Crippen LogP contribution in [0, 0.1) is 0 Å². The molecular weight excluding hydrogens is 154 g/mol. The Morgan fingerprint density at radius 1 is 1.67 bits per heavy atom. The second kappa shape index (κ2) is 4.90. The SMILES string of the molecule is COCCNCc1ccn(C)n1. The Kier molecular flexibility index (Phi) is 3.76. The fraction of sp³-hybridized carbons (Fsp3) is 0.625. The molecule has 4 nitrogen and oxygen atoms in total. The van der Waals surface area contributed by atoms with Crippen LogP contribution in [0.4, 0.5) is 0 Å². The summed E-state index contributed by atoms with van der Waals surface area (Å²) < 4.78 is 6.70. The molecule has 0 unspecified atom stereocenters. The Morgan fingerprint density at radius 3 is 3.08 bits per heavy atom. The van der Waals surface area contributed by atoms with Crippen LogP contribution in [0.25, 0.3) is 0 Å². The molecule has 0 spiro atoms. The summed E-state index contributed by atoms with van der Waals surface area (Å²) in [7, 11) is 3.61. The van der Waals surface area contributed by atoms with Gasteiger partial charge >= 0.3 is 0 Å². The summed E-state index contributed by atoms with van der Waals surface area (Å²) in [6.45, 7) is 2.42. The molecule has 1 heterocycles. The maximum atomic E-state index is 4.90. The summed E-state index contributed by atoms with van der Waals surface area (Å²) in [6.07, 6.45) is 1.94. The molecule has 0 amide bonds. The van der Waals surface area contributed by atoms with Crippen LogP contribution in [0.5, 0.6) is 0 Å². The third kappa shape index (κ3) is 3.02. The summed E-state index contributed by atoms with van der Waals surface area (Å²) in [6, 6.07) is 2.00. The lowest BCUT2D eigenvalue weighted by atomic mass is 10.4. The number of methoxy groups -OCH3 is 1. The van der Waals surface area contributed by atoms with Gasteiger partial charge in [-0.1, -0.05) is 0 Å². The average Bonchev–Trinajstić information content (AvgIpc) is 2.45. The first kappa shape index (κ1) is 9.22. The molecular formula is C8H15N3O. The van der Waals surface area contributed by atoms with Gasteiger partial charge in [0.05, 0.1) is 12.3 Å². The van der Waals surface area contributed by atoms with E-state index in [4.69, 9.17) is 4.74 Å². The van der Waals surface area contributed by atoms with Gasteiger partial charge in [-0.05, 0) is 6.07 Å². The highest BCUT2D eigenvalue weighted by molar-refractivity contribution is 4.97. The molecule has 0 aliphatic rings. The zero-order valence-electron chi connectivity index (χ0n) is 7.58. The fourth-order valence-corrected chi connectivity index (χ4v) is 0.948. The van der Waals surface area contributed by atoms with Crippen molar-refractivity contribution in [1.82, 2.24) is 15.1 Å². The Bertz CT molecular complexity index is 222. The summed E-state index contributed by atoms with van der Waals surface area (Å²) in [5.74, 6) is 0. The second-order valence-electron chi connectivity index (χ2n) is 2.65. The standard InChI is InChI=1S/C8H15N3O/c1-11-5-3-8(10-11)7-9-4-6-12-2/h3,5,9H,4,6-7H2,1-2H3. The molecule has 1 rings (SSSR count). The lowest BCUT2D eigenvalue weighted by molar-refractivity contribution is 0.199. The van der Waals surface area contributed by atoms with Crippen LogP contribution in [0.2, 0.25) is 0 Å². The van der Waals surface area contributed by atoms with Crippen molar-refractivity contribution >= 4 is 0 Å². The van der Waals surface area contributed by atoms with E-state index >= 15 is 0 Å². The maximum Gasteiger partial charge on any atom is 0.0762 e. The Hall–Kier alpha value is -0.870. The van der Waals surface area contributed by atoms with E-state index in [0.29, 0.717) is 0 Å². The van der Waals surface area contributed by atoms with Gasteiger partial charge in [0, 0.05) is 33.4 Å². The molecule has 0 radical (unpaired) electrons. The van der Waals surface area contributed by atoms with E-state index in [2.05, 4.69) is 10.4 Å². The van der Waals surface area contributed by atoms with E-state index in [9.17, 15) is 0 Å². The van der Waals surface area contributed by atoms with Crippen LogP contribution >= 0.6 is 0 Å². The van der Waals surface area contributed by atoms with Crippen LogP contribution in [0.15, 0.2) is 12.3 Å². The average molecular weight is 169 g/mol. The molecule has 68 valence electrons. The monoisotopic (exact) mass is 169 g/mol. The molecule has 0 saturated carbocycles. The number of hydrogen-bond donors (Lipinski definition) is 1. The van der Waals surface area contributed by atoms with Crippen LogP contribution < -0.4 is 5.32 Å². The predicted molar refractivity (Wildman–Crippen MR) is 46.8 cm³/mol. The Labute approximate surface area is 72.5 Å². The van der Waals surface area contributed by atoms with Crippen LogP contribution in [0.1, 0.15) is 5.69 Å². The molecule has 0 aromatic carbocycles. The van der Waals surface area contributed by atoms with E-state index in [1.807, 2.05) is 19.3 Å². The molecule has 1 N–H and O–H groups in total. The lowest BCUT2D eigenvalue weighted by Crippen LogP contribution is -2.18.